The molecule has 2 N–H and O–H groups in total. The quantitative estimate of drug-likeness (QED) is 0.369. The predicted molar refractivity (Wildman–Crippen MR) is 118 cm³/mol. The van der Waals surface area contributed by atoms with Crippen molar-refractivity contribution in [2.24, 2.45) is 12.0 Å². The second kappa shape index (κ2) is 10.6. The first kappa shape index (κ1) is 22.6. The van der Waals surface area contributed by atoms with Gasteiger partial charge in [0.05, 0.1) is 17.3 Å². The number of hydrogen-bond acceptors (Lipinski definition) is 3. The van der Waals surface area contributed by atoms with E-state index >= 15 is 0 Å². The van der Waals surface area contributed by atoms with Gasteiger partial charge in [-0.05, 0) is 32.9 Å². The second-order valence-corrected chi connectivity index (χ2v) is 6.35. The van der Waals surface area contributed by atoms with E-state index in [1.807, 2.05) is 49.8 Å². The van der Waals surface area contributed by atoms with Crippen LogP contribution in [-0.4, -0.2) is 35.4 Å². The average Bonchev–Trinajstić information content (AvgIpc) is 2.82. The lowest BCUT2D eigenvalue weighted by Crippen LogP contribution is -2.41. The topological polar surface area (TPSA) is 63.5 Å². The third-order valence-electron chi connectivity index (χ3n) is 4.04. The molecule has 2 rings (SSSR count). The van der Waals surface area contributed by atoms with E-state index in [9.17, 15) is 0 Å². The molecule has 0 spiro atoms. The highest BCUT2D eigenvalue weighted by Gasteiger charge is 2.11. The van der Waals surface area contributed by atoms with Gasteiger partial charge in [-0.15, -0.1) is 24.0 Å². The van der Waals surface area contributed by atoms with Crippen molar-refractivity contribution in [3.05, 3.63) is 46.2 Å². The minimum absolute atomic E-state index is 0. The molecule has 0 aliphatic rings. The SMILES string of the molecule is CN=C(NCc1c(C)nn(C)c1C)NCC(C)Oc1ccccc1Cl.I. The van der Waals surface area contributed by atoms with E-state index in [-0.39, 0.29) is 30.1 Å². The van der Waals surface area contributed by atoms with Crippen LogP contribution < -0.4 is 15.4 Å². The summed E-state index contributed by atoms with van der Waals surface area (Å²) in [6.07, 6.45) is -0.0553. The van der Waals surface area contributed by atoms with Gasteiger partial charge in [0.15, 0.2) is 5.96 Å². The first-order chi connectivity index (χ1) is 11.9. The zero-order valence-electron chi connectivity index (χ0n) is 15.8. The number of aromatic nitrogens is 2. The molecular weight excluding hydrogens is 465 g/mol. The first-order valence-corrected chi connectivity index (χ1v) is 8.65. The molecule has 0 radical (unpaired) electrons. The van der Waals surface area contributed by atoms with Crippen LogP contribution in [0.2, 0.25) is 5.02 Å². The van der Waals surface area contributed by atoms with Crippen molar-refractivity contribution in [1.29, 1.82) is 0 Å². The molecular formula is C18H27ClIN5O. The number of nitrogens with zero attached hydrogens (tertiary/aromatic N) is 3. The smallest absolute Gasteiger partial charge is 0.191 e. The molecule has 0 amide bonds. The summed E-state index contributed by atoms with van der Waals surface area (Å²) < 4.78 is 7.74. The minimum Gasteiger partial charge on any atom is -0.487 e. The van der Waals surface area contributed by atoms with Crippen molar-refractivity contribution in [3.8, 4) is 5.75 Å². The zero-order chi connectivity index (χ0) is 18.4. The van der Waals surface area contributed by atoms with Gasteiger partial charge in [0.2, 0.25) is 0 Å². The number of ether oxygens (including phenoxy) is 1. The standard InChI is InChI=1S/C18H26ClN5O.HI/c1-12(25-17-9-7-6-8-16(17)19)10-21-18(20-4)22-11-15-13(2)23-24(5)14(15)3;/h6-9,12H,10-11H2,1-5H3,(H2,20,21,22);1H. The van der Waals surface area contributed by atoms with Gasteiger partial charge in [0.1, 0.15) is 11.9 Å². The van der Waals surface area contributed by atoms with Gasteiger partial charge in [0.25, 0.3) is 0 Å². The average molecular weight is 492 g/mol. The van der Waals surface area contributed by atoms with Gasteiger partial charge in [-0.1, -0.05) is 23.7 Å². The van der Waals surface area contributed by atoms with Gasteiger partial charge in [-0.3, -0.25) is 9.67 Å². The molecule has 8 heteroatoms. The molecule has 26 heavy (non-hydrogen) atoms. The number of guanidine groups is 1. The molecule has 0 aliphatic heterocycles. The monoisotopic (exact) mass is 491 g/mol. The third kappa shape index (κ3) is 6.05. The van der Waals surface area contributed by atoms with Crippen LogP contribution in [-0.2, 0) is 13.6 Å². The Morgan fingerprint density at radius 3 is 2.58 bits per heavy atom. The summed E-state index contributed by atoms with van der Waals surface area (Å²) in [6.45, 7) is 7.34. The Morgan fingerprint density at radius 1 is 1.31 bits per heavy atom. The van der Waals surface area contributed by atoms with Crippen LogP contribution in [0.25, 0.3) is 0 Å². The molecule has 0 saturated carbocycles. The summed E-state index contributed by atoms with van der Waals surface area (Å²) in [4.78, 5) is 4.25. The Kier molecular flexibility index (Phi) is 9.21. The summed E-state index contributed by atoms with van der Waals surface area (Å²) in [6, 6.07) is 7.46. The number of aliphatic imine (C=N–C) groups is 1. The van der Waals surface area contributed by atoms with Crippen molar-refractivity contribution in [3.63, 3.8) is 0 Å². The van der Waals surface area contributed by atoms with Crippen LogP contribution >= 0.6 is 35.6 Å². The van der Waals surface area contributed by atoms with E-state index in [2.05, 4.69) is 27.6 Å². The lowest BCUT2D eigenvalue weighted by Gasteiger charge is -2.18. The van der Waals surface area contributed by atoms with Crippen molar-refractivity contribution in [2.75, 3.05) is 13.6 Å². The van der Waals surface area contributed by atoms with E-state index in [0.29, 0.717) is 23.9 Å². The van der Waals surface area contributed by atoms with Crippen molar-refractivity contribution < 1.29 is 4.74 Å². The summed E-state index contributed by atoms with van der Waals surface area (Å²) in [5.41, 5.74) is 3.36. The van der Waals surface area contributed by atoms with Gasteiger partial charge >= 0.3 is 0 Å². The highest BCUT2D eigenvalue weighted by Crippen LogP contribution is 2.23. The largest absolute Gasteiger partial charge is 0.487 e. The zero-order valence-corrected chi connectivity index (χ0v) is 18.9. The van der Waals surface area contributed by atoms with E-state index in [0.717, 1.165) is 17.3 Å². The molecule has 1 atom stereocenters. The molecule has 2 aromatic rings. The number of rotatable bonds is 6. The fraction of sp³-hybridized carbons (Fsp3) is 0.444. The molecule has 6 nitrogen and oxygen atoms in total. The highest BCUT2D eigenvalue weighted by atomic mass is 127. The maximum absolute atomic E-state index is 6.12. The van der Waals surface area contributed by atoms with E-state index in [4.69, 9.17) is 16.3 Å². The second-order valence-electron chi connectivity index (χ2n) is 5.94. The van der Waals surface area contributed by atoms with Crippen LogP contribution in [0.4, 0.5) is 0 Å². The number of benzene rings is 1. The molecule has 0 saturated heterocycles. The molecule has 1 unspecified atom stereocenters. The predicted octanol–water partition coefficient (Wildman–Crippen LogP) is 3.44. The maximum Gasteiger partial charge on any atom is 0.191 e. The molecule has 1 heterocycles. The van der Waals surface area contributed by atoms with Crippen LogP contribution in [0.3, 0.4) is 0 Å². The first-order valence-electron chi connectivity index (χ1n) is 8.27. The maximum atomic E-state index is 6.12. The lowest BCUT2D eigenvalue weighted by atomic mass is 10.2. The van der Waals surface area contributed by atoms with Gasteiger partial charge in [0, 0.05) is 31.9 Å². The Hall–Kier alpha value is -1.48. The van der Waals surface area contributed by atoms with E-state index in [1.54, 1.807) is 7.05 Å². The van der Waals surface area contributed by atoms with E-state index < -0.39 is 0 Å². The molecule has 1 aromatic heterocycles. The Bertz CT molecular complexity index is 747. The Balaban J connectivity index is 0.00000338. The van der Waals surface area contributed by atoms with Gasteiger partial charge < -0.3 is 15.4 Å². The summed E-state index contributed by atoms with van der Waals surface area (Å²) in [7, 11) is 3.70. The molecule has 144 valence electrons. The van der Waals surface area contributed by atoms with Crippen molar-refractivity contribution in [1.82, 2.24) is 20.4 Å². The lowest BCUT2D eigenvalue weighted by molar-refractivity contribution is 0.224. The molecule has 0 bridgehead atoms. The summed E-state index contributed by atoms with van der Waals surface area (Å²) in [5.74, 6) is 1.40. The number of halogens is 2. The van der Waals surface area contributed by atoms with Crippen LogP contribution in [0.15, 0.2) is 29.3 Å². The Morgan fingerprint density at radius 2 is 2.00 bits per heavy atom. The number of aryl methyl sites for hydroxylation is 2. The highest BCUT2D eigenvalue weighted by molar-refractivity contribution is 14.0. The van der Waals surface area contributed by atoms with E-state index in [1.165, 1.54) is 5.56 Å². The fourth-order valence-electron chi connectivity index (χ4n) is 2.51. The van der Waals surface area contributed by atoms with Gasteiger partial charge in [-0.2, -0.15) is 5.10 Å². The number of nitrogens with one attached hydrogen (secondary N) is 2. The van der Waals surface area contributed by atoms with Crippen molar-refractivity contribution in [2.45, 2.75) is 33.4 Å². The third-order valence-corrected chi connectivity index (χ3v) is 4.35. The fourth-order valence-corrected chi connectivity index (χ4v) is 2.69. The van der Waals surface area contributed by atoms with Crippen molar-refractivity contribution >= 4 is 41.5 Å². The van der Waals surface area contributed by atoms with Gasteiger partial charge in [-0.25, -0.2) is 0 Å². The normalized spacial score (nSPS) is 12.3. The van der Waals surface area contributed by atoms with Crippen LogP contribution in [0.5, 0.6) is 5.75 Å². The number of para-hydroxylation sites is 1. The minimum atomic E-state index is -0.0553. The van der Waals surface area contributed by atoms with Crippen LogP contribution in [0.1, 0.15) is 23.9 Å². The van der Waals surface area contributed by atoms with Crippen LogP contribution in [0, 0.1) is 13.8 Å². The molecule has 0 aliphatic carbocycles. The summed E-state index contributed by atoms with van der Waals surface area (Å²) >= 11 is 6.12. The molecule has 1 aromatic carbocycles. The summed E-state index contributed by atoms with van der Waals surface area (Å²) in [5, 5.41) is 11.6. The molecule has 0 fully saturated rings. The Labute approximate surface area is 177 Å². The number of hydrogen-bond donors (Lipinski definition) is 2.